The smallest absolute Gasteiger partial charge is 0.255 e. The van der Waals surface area contributed by atoms with Crippen LogP contribution in [-0.2, 0) is 4.74 Å². The molecule has 0 aliphatic carbocycles. The quantitative estimate of drug-likeness (QED) is 0.700. The molecule has 4 nitrogen and oxygen atoms in total. The van der Waals surface area contributed by atoms with E-state index in [1.54, 1.807) is 18.5 Å². The largest absolute Gasteiger partial charge is 0.473 e. The molecule has 0 N–H and O–H groups in total. The normalized spacial score (nSPS) is 21.0. The Morgan fingerprint density at radius 3 is 2.47 bits per heavy atom. The van der Waals surface area contributed by atoms with E-state index in [0.717, 1.165) is 0 Å². The van der Waals surface area contributed by atoms with Gasteiger partial charge in [-0.1, -0.05) is 20.8 Å². The maximum Gasteiger partial charge on any atom is 0.255 e. The van der Waals surface area contributed by atoms with Crippen LogP contribution in [0.5, 0.6) is 0 Å². The van der Waals surface area contributed by atoms with E-state index < -0.39 is 0 Å². The number of ether oxygens (including phenoxy) is 1. The van der Waals surface area contributed by atoms with Crippen LogP contribution >= 0.6 is 0 Å². The fourth-order valence-electron chi connectivity index (χ4n) is 1.35. The van der Waals surface area contributed by atoms with Gasteiger partial charge in [0.05, 0.1) is 6.04 Å². The number of nitrogens with zero attached hydrogens (tertiary/aromatic N) is 3. The minimum Gasteiger partial charge on any atom is -0.473 e. The van der Waals surface area contributed by atoms with Crippen molar-refractivity contribution >= 4 is 5.90 Å². The molecular weight excluding hydrogens is 190 g/mol. The second-order valence-electron chi connectivity index (χ2n) is 4.70. The Hall–Kier alpha value is -1.45. The highest BCUT2D eigenvalue weighted by Gasteiger charge is 2.31. The molecule has 1 aliphatic rings. The third kappa shape index (κ3) is 2.14. The summed E-state index contributed by atoms with van der Waals surface area (Å²) >= 11 is 0. The molecule has 4 heteroatoms. The van der Waals surface area contributed by atoms with Gasteiger partial charge in [-0.25, -0.2) is 15.0 Å². The Labute approximate surface area is 89.4 Å². The Kier molecular flexibility index (Phi) is 2.42. The third-order valence-corrected chi connectivity index (χ3v) is 2.41. The van der Waals surface area contributed by atoms with Crippen LogP contribution in [0.1, 0.15) is 26.6 Å². The molecule has 1 atom stereocenters. The zero-order chi connectivity index (χ0) is 10.9. The molecule has 0 saturated heterocycles. The lowest BCUT2D eigenvalue weighted by molar-refractivity contribution is 0.235. The molecule has 0 spiro atoms. The summed E-state index contributed by atoms with van der Waals surface area (Å²) in [5, 5.41) is 0. The van der Waals surface area contributed by atoms with Crippen molar-refractivity contribution in [2.45, 2.75) is 26.8 Å². The van der Waals surface area contributed by atoms with Crippen molar-refractivity contribution in [3.05, 3.63) is 24.3 Å². The number of hydrogen-bond donors (Lipinski definition) is 0. The average Bonchev–Trinajstić information content (AvgIpc) is 2.67. The summed E-state index contributed by atoms with van der Waals surface area (Å²) in [7, 11) is 0. The molecule has 0 fully saturated rings. The standard InChI is InChI=1S/C11H15N3O/c1-11(2,3)8-7-15-10(14-8)9-12-5-4-6-13-9/h4-6,8H,7H2,1-3H3/t8-/m1/s1. The van der Waals surface area contributed by atoms with Crippen LogP contribution in [0.4, 0.5) is 0 Å². The summed E-state index contributed by atoms with van der Waals surface area (Å²) in [6.07, 6.45) is 3.39. The summed E-state index contributed by atoms with van der Waals surface area (Å²) in [6.45, 7) is 7.08. The van der Waals surface area contributed by atoms with Gasteiger partial charge in [0.2, 0.25) is 5.82 Å². The average molecular weight is 205 g/mol. The molecular formula is C11H15N3O. The van der Waals surface area contributed by atoms with Gasteiger partial charge in [0.25, 0.3) is 5.90 Å². The van der Waals surface area contributed by atoms with Gasteiger partial charge in [-0.05, 0) is 11.5 Å². The van der Waals surface area contributed by atoms with Crippen molar-refractivity contribution < 1.29 is 4.74 Å². The van der Waals surface area contributed by atoms with E-state index in [1.165, 1.54) is 0 Å². The highest BCUT2D eigenvalue weighted by Crippen LogP contribution is 2.26. The second kappa shape index (κ2) is 3.61. The molecule has 0 unspecified atom stereocenters. The maximum atomic E-state index is 5.50. The van der Waals surface area contributed by atoms with Crippen LogP contribution in [0, 0.1) is 5.41 Å². The van der Waals surface area contributed by atoms with Crippen LogP contribution in [0.25, 0.3) is 0 Å². The molecule has 0 amide bonds. The molecule has 1 aromatic heterocycles. The summed E-state index contributed by atoms with van der Waals surface area (Å²) in [4.78, 5) is 12.7. The van der Waals surface area contributed by atoms with E-state index in [1.807, 2.05) is 0 Å². The zero-order valence-electron chi connectivity index (χ0n) is 9.27. The fraction of sp³-hybridized carbons (Fsp3) is 0.545. The Bertz CT molecular complexity index is 367. The first-order valence-corrected chi connectivity index (χ1v) is 5.05. The van der Waals surface area contributed by atoms with E-state index in [0.29, 0.717) is 18.3 Å². The van der Waals surface area contributed by atoms with Crippen molar-refractivity contribution in [3.63, 3.8) is 0 Å². The Morgan fingerprint density at radius 2 is 1.93 bits per heavy atom. The number of hydrogen-bond acceptors (Lipinski definition) is 4. The highest BCUT2D eigenvalue weighted by atomic mass is 16.5. The molecule has 80 valence electrons. The van der Waals surface area contributed by atoms with Crippen molar-refractivity contribution in [2.24, 2.45) is 10.4 Å². The van der Waals surface area contributed by atoms with E-state index in [-0.39, 0.29) is 11.5 Å². The van der Waals surface area contributed by atoms with Gasteiger partial charge in [-0.15, -0.1) is 0 Å². The van der Waals surface area contributed by atoms with Crippen LogP contribution in [0.3, 0.4) is 0 Å². The summed E-state index contributed by atoms with van der Waals surface area (Å²) in [5.74, 6) is 1.14. The first-order chi connectivity index (χ1) is 7.07. The fourth-order valence-corrected chi connectivity index (χ4v) is 1.35. The van der Waals surface area contributed by atoms with E-state index in [4.69, 9.17) is 4.74 Å². The predicted octanol–water partition coefficient (Wildman–Crippen LogP) is 1.67. The second-order valence-corrected chi connectivity index (χ2v) is 4.70. The Morgan fingerprint density at radius 1 is 1.27 bits per heavy atom. The number of rotatable bonds is 1. The molecule has 2 heterocycles. The van der Waals surface area contributed by atoms with E-state index in [2.05, 4.69) is 35.7 Å². The first kappa shape index (κ1) is 10.1. The lowest BCUT2D eigenvalue weighted by Crippen LogP contribution is -2.25. The number of aliphatic imine (C=N–C) groups is 1. The maximum absolute atomic E-state index is 5.50. The third-order valence-electron chi connectivity index (χ3n) is 2.41. The van der Waals surface area contributed by atoms with Gasteiger partial charge in [-0.3, -0.25) is 0 Å². The summed E-state index contributed by atoms with van der Waals surface area (Å²) < 4.78 is 5.50. The molecule has 0 saturated carbocycles. The Balaban J connectivity index is 2.21. The molecule has 0 aromatic carbocycles. The van der Waals surface area contributed by atoms with Gasteiger partial charge in [0.15, 0.2) is 0 Å². The van der Waals surface area contributed by atoms with Crippen LogP contribution in [-0.4, -0.2) is 28.5 Å². The molecule has 0 bridgehead atoms. The van der Waals surface area contributed by atoms with Crippen LogP contribution in [0.15, 0.2) is 23.5 Å². The number of aromatic nitrogens is 2. The molecule has 1 aromatic rings. The molecule has 15 heavy (non-hydrogen) atoms. The van der Waals surface area contributed by atoms with Crippen molar-refractivity contribution in [1.82, 2.24) is 9.97 Å². The minimum atomic E-state index is 0.122. The van der Waals surface area contributed by atoms with Gasteiger partial charge in [-0.2, -0.15) is 0 Å². The van der Waals surface area contributed by atoms with Gasteiger partial charge < -0.3 is 4.74 Å². The van der Waals surface area contributed by atoms with E-state index >= 15 is 0 Å². The van der Waals surface area contributed by atoms with Crippen LogP contribution < -0.4 is 0 Å². The highest BCUT2D eigenvalue weighted by molar-refractivity contribution is 5.91. The van der Waals surface area contributed by atoms with Crippen molar-refractivity contribution in [1.29, 1.82) is 0 Å². The summed E-state index contributed by atoms with van der Waals surface area (Å²) in [6, 6.07) is 1.97. The monoisotopic (exact) mass is 205 g/mol. The van der Waals surface area contributed by atoms with E-state index in [9.17, 15) is 0 Å². The first-order valence-electron chi connectivity index (χ1n) is 5.05. The minimum absolute atomic E-state index is 0.122. The molecule has 0 radical (unpaired) electrons. The lowest BCUT2D eigenvalue weighted by Gasteiger charge is -2.21. The van der Waals surface area contributed by atoms with Gasteiger partial charge >= 0.3 is 0 Å². The topological polar surface area (TPSA) is 47.4 Å². The van der Waals surface area contributed by atoms with Crippen molar-refractivity contribution in [3.8, 4) is 0 Å². The molecule has 1 aliphatic heterocycles. The summed E-state index contributed by atoms with van der Waals surface area (Å²) in [5.41, 5.74) is 0.122. The lowest BCUT2D eigenvalue weighted by atomic mass is 9.88. The van der Waals surface area contributed by atoms with Crippen molar-refractivity contribution in [2.75, 3.05) is 6.61 Å². The zero-order valence-corrected chi connectivity index (χ0v) is 9.27. The molecule has 2 rings (SSSR count). The SMILES string of the molecule is CC(C)(C)[C@H]1COC(c2ncccn2)=N1. The van der Waals surface area contributed by atoms with Gasteiger partial charge in [0.1, 0.15) is 6.61 Å². The predicted molar refractivity (Wildman–Crippen MR) is 57.8 cm³/mol. The van der Waals surface area contributed by atoms with Gasteiger partial charge in [0, 0.05) is 12.4 Å². The van der Waals surface area contributed by atoms with Crippen LogP contribution in [0.2, 0.25) is 0 Å².